The van der Waals surface area contributed by atoms with E-state index < -0.39 is 0 Å². The van der Waals surface area contributed by atoms with Crippen LogP contribution in [0, 0.1) is 0 Å². The average Bonchev–Trinajstić information content (AvgIpc) is 3.27. The van der Waals surface area contributed by atoms with Crippen molar-refractivity contribution in [2.75, 3.05) is 51.2 Å². The zero-order chi connectivity index (χ0) is 23.3. The number of carbonyl (C=O) groups excluding carboxylic acids is 1. The summed E-state index contributed by atoms with van der Waals surface area (Å²) in [5.74, 6) is 0.951. The molecule has 1 amide bonds. The van der Waals surface area contributed by atoms with Crippen LogP contribution in [0.25, 0.3) is 5.65 Å². The molecule has 2 fully saturated rings. The van der Waals surface area contributed by atoms with Crippen molar-refractivity contribution in [1.82, 2.24) is 29.7 Å². The molecular formula is C26H35N7O. The third kappa shape index (κ3) is 5.56. The molecule has 0 bridgehead atoms. The summed E-state index contributed by atoms with van der Waals surface area (Å²) in [6.45, 7) is 7.19. The molecule has 0 spiro atoms. The maximum absolute atomic E-state index is 12.7. The van der Waals surface area contributed by atoms with Crippen LogP contribution in [0.2, 0.25) is 0 Å². The third-order valence-electron chi connectivity index (χ3n) is 7.10. The van der Waals surface area contributed by atoms with E-state index in [9.17, 15) is 4.79 Å². The molecule has 2 saturated heterocycles. The first-order valence-corrected chi connectivity index (χ1v) is 12.5. The molecule has 8 heteroatoms. The number of fused-ring (bicyclic) bond motifs is 1. The van der Waals surface area contributed by atoms with Crippen molar-refractivity contribution in [3.05, 3.63) is 60.0 Å². The van der Waals surface area contributed by atoms with Gasteiger partial charge in [-0.2, -0.15) is 0 Å². The van der Waals surface area contributed by atoms with Gasteiger partial charge in [0.1, 0.15) is 5.82 Å². The number of aromatic nitrogens is 3. The van der Waals surface area contributed by atoms with E-state index in [0.29, 0.717) is 12.8 Å². The predicted octanol–water partition coefficient (Wildman–Crippen LogP) is 2.19. The monoisotopic (exact) mass is 461 g/mol. The Morgan fingerprint density at radius 3 is 2.50 bits per heavy atom. The maximum Gasteiger partial charge on any atom is 0.220 e. The van der Waals surface area contributed by atoms with Crippen molar-refractivity contribution >= 4 is 17.2 Å². The van der Waals surface area contributed by atoms with Gasteiger partial charge >= 0.3 is 0 Å². The number of nitrogens with one attached hydrogen (secondary N) is 1. The van der Waals surface area contributed by atoms with Crippen molar-refractivity contribution in [1.29, 1.82) is 0 Å². The quantitative estimate of drug-likeness (QED) is 0.582. The molecule has 34 heavy (non-hydrogen) atoms. The van der Waals surface area contributed by atoms with E-state index in [1.807, 2.05) is 10.5 Å². The topological polar surface area (TPSA) is 69.0 Å². The minimum Gasteiger partial charge on any atom is -0.368 e. The van der Waals surface area contributed by atoms with Crippen LogP contribution in [0.4, 0.5) is 5.69 Å². The largest absolute Gasteiger partial charge is 0.368 e. The van der Waals surface area contributed by atoms with E-state index in [1.165, 1.54) is 11.3 Å². The molecule has 8 nitrogen and oxygen atoms in total. The lowest BCUT2D eigenvalue weighted by molar-refractivity contribution is -0.122. The van der Waals surface area contributed by atoms with Gasteiger partial charge in [-0.1, -0.05) is 30.3 Å². The van der Waals surface area contributed by atoms with Gasteiger partial charge in [0.2, 0.25) is 5.91 Å². The maximum atomic E-state index is 12.7. The summed E-state index contributed by atoms with van der Waals surface area (Å²) >= 11 is 0. The van der Waals surface area contributed by atoms with E-state index in [2.05, 4.69) is 79.9 Å². The number of benzene rings is 1. The highest BCUT2D eigenvalue weighted by Crippen LogP contribution is 2.19. The Hall–Kier alpha value is -2.97. The molecule has 0 radical (unpaired) electrons. The molecule has 0 atom stereocenters. The van der Waals surface area contributed by atoms with Gasteiger partial charge in [0.05, 0.1) is 5.69 Å². The molecular weight excluding hydrogens is 426 g/mol. The van der Waals surface area contributed by atoms with Gasteiger partial charge in [0, 0.05) is 70.9 Å². The van der Waals surface area contributed by atoms with E-state index in [1.54, 1.807) is 0 Å². The second kappa shape index (κ2) is 10.5. The lowest BCUT2D eigenvalue weighted by Crippen LogP contribution is -2.44. The van der Waals surface area contributed by atoms with Crippen molar-refractivity contribution in [2.45, 2.75) is 38.3 Å². The fraction of sp³-hybridized carbons (Fsp3) is 0.500. The number of carbonyl (C=O) groups is 1. The van der Waals surface area contributed by atoms with E-state index in [4.69, 9.17) is 0 Å². The van der Waals surface area contributed by atoms with Crippen LogP contribution in [0.15, 0.2) is 48.7 Å². The van der Waals surface area contributed by atoms with Gasteiger partial charge in [0.25, 0.3) is 0 Å². The fourth-order valence-corrected chi connectivity index (χ4v) is 4.95. The summed E-state index contributed by atoms with van der Waals surface area (Å²) in [4.78, 5) is 19.9. The van der Waals surface area contributed by atoms with Crippen molar-refractivity contribution in [3.63, 3.8) is 0 Å². The van der Waals surface area contributed by atoms with Crippen molar-refractivity contribution < 1.29 is 4.79 Å². The molecule has 5 rings (SSSR count). The number of nitrogens with zero attached hydrogens (tertiary/aromatic N) is 6. The average molecular weight is 462 g/mol. The van der Waals surface area contributed by atoms with Crippen LogP contribution in [-0.4, -0.2) is 82.7 Å². The number of rotatable bonds is 7. The zero-order valence-corrected chi connectivity index (χ0v) is 20.1. The van der Waals surface area contributed by atoms with Gasteiger partial charge < -0.3 is 15.1 Å². The van der Waals surface area contributed by atoms with Gasteiger partial charge in [-0.05, 0) is 37.6 Å². The number of amides is 1. The minimum atomic E-state index is 0.105. The van der Waals surface area contributed by atoms with Gasteiger partial charge in [-0.3, -0.25) is 14.1 Å². The lowest BCUT2D eigenvalue weighted by atomic mass is 10.0. The number of hydrogen-bond donors (Lipinski definition) is 1. The van der Waals surface area contributed by atoms with Crippen LogP contribution in [0.1, 0.15) is 30.7 Å². The van der Waals surface area contributed by atoms with Crippen LogP contribution < -0.4 is 10.2 Å². The first-order chi connectivity index (χ1) is 16.6. The Morgan fingerprint density at radius 1 is 0.971 bits per heavy atom. The molecule has 2 aliphatic heterocycles. The van der Waals surface area contributed by atoms with E-state index in [-0.39, 0.29) is 11.9 Å². The number of piperazine rings is 1. The highest BCUT2D eigenvalue weighted by molar-refractivity contribution is 5.76. The first-order valence-electron chi connectivity index (χ1n) is 12.5. The number of pyridine rings is 1. The number of hydrogen-bond acceptors (Lipinski definition) is 6. The number of anilines is 1. The number of likely N-dealkylation sites (tertiary alicyclic amines) is 1. The molecule has 0 saturated carbocycles. The van der Waals surface area contributed by atoms with Crippen LogP contribution in [-0.2, 0) is 17.8 Å². The van der Waals surface area contributed by atoms with E-state index in [0.717, 1.165) is 70.1 Å². The SMILES string of the molecule is CN1CCN(c2ccc3nnc(CCC(=O)NC4CCN(Cc5ccccc5)CC4)n3c2)CC1. The molecule has 2 aliphatic rings. The standard InChI is InChI=1S/C26H35N7O/c1-30-15-17-32(18-16-30)23-7-8-24-28-29-25(33(24)20-23)9-10-26(34)27-22-11-13-31(14-12-22)19-21-5-3-2-4-6-21/h2-8,20,22H,9-19H2,1H3,(H,27,34). The van der Waals surface area contributed by atoms with Crippen molar-refractivity contribution in [3.8, 4) is 0 Å². The number of piperidine rings is 1. The molecule has 2 aromatic heterocycles. The highest BCUT2D eigenvalue weighted by Gasteiger charge is 2.21. The normalized spacial score (nSPS) is 18.4. The molecule has 3 aromatic rings. The fourth-order valence-electron chi connectivity index (χ4n) is 4.95. The predicted molar refractivity (Wildman–Crippen MR) is 134 cm³/mol. The summed E-state index contributed by atoms with van der Waals surface area (Å²) in [6.07, 6.45) is 5.15. The number of likely N-dealkylation sites (N-methyl/N-ethyl adjacent to an activating group) is 1. The molecule has 0 aliphatic carbocycles. The highest BCUT2D eigenvalue weighted by atomic mass is 16.1. The van der Waals surface area contributed by atoms with Crippen LogP contribution >= 0.6 is 0 Å². The first kappa shape index (κ1) is 22.8. The van der Waals surface area contributed by atoms with Crippen molar-refractivity contribution in [2.24, 2.45) is 0 Å². The Kier molecular flexibility index (Phi) is 7.06. The summed E-state index contributed by atoms with van der Waals surface area (Å²) in [5, 5.41) is 11.9. The summed E-state index contributed by atoms with van der Waals surface area (Å²) in [6, 6.07) is 15.0. The molecule has 1 aromatic carbocycles. The summed E-state index contributed by atoms with van der Waals surface area (Å²) in [5.41, 5.74) is 3.37. The Labute approximate surface area is 201 Å². The zero-order valence-electron chi connectivity index (χ0n) is 20.1. The van der Waals surface area contributed by atoms with Gasteiger partial charge in [-0.25, -0.2) is 0 Å². The Balaban J connectivity index is 1.11. The summed E-state index contributed by atoms with van der Waals surface area (Å²) < 4.78 is 2.04. The second-order valence-electron chi connectivity index (χ2n) is 9.63. The molecule has 180 valence electrons. The Bertz CT molecular complexity index is 1080. The van der Waals surface area contributed by atoms with Gasteiger partial charge in [0.15, 0.2) is 5.65 Å². The van der Waals surface area contributed by atoms with E-state index >= 15 is 0 Å². The van der Waals surface area contributed by atoms with Crippen LogP contribution in [0.3, 0.4) is 0 Å². The summed E-state index contributed by atoms with van der Waals surface area (Å²) in [7, 11) is 2.16. The van der Waals surface area contributed by atoms with Gasteiger partial charge in [-0.15, -0.1) is 10.2 Å². The smallest absolute Gasteiger partial charge is 0.220 e. The molecule has 1 N–H and O–H groups in total. The van der Waals surface area contributed by atoms with Crippen LogP contribution in [0.5, 0.6) is 0 Å². The Morgan fingerprint density at radius 2 is 1.74 bits per heavy atom. The number of aryl methyl sites for hydroxylation is 1. The molecule has 4 heterocycles. The second-order valence-corrected chi connectivity index (χ2v) is 9.63. The lowest BCUT2D eigenvalue weighted by Gasteiger charge is -2.34. The molecule has 0 unspecified atom stereocenters. The minimum absolute atomic E-state index is 0.105. The third-order valence-corrected chi connectivity index (χ3v) is 7.10.